The summed E-state index contributed by atoms with van der Waals surface area (Å²) in [6, 6.07) is 10.8. The molecule has 5 heterocycles. The summed E-state index contributed by atoms with van der Waals surface area (Å²) in [5.74, 6) is -0.0349. The molecule has 2 aromatic heterocycles. The van der Waals surface area contributed by atoms with E-state index in [4.69, 9.17) is 28.2 Å². The SMILES string of the molecule is COC(=O)N[C@H](C(=O)N1CCC[C@H]1C(=O)Nc1noc2ccc(-c3ccc(-c4cnc([C@@H]5CCCN5C(=O)[C@@H](NC5OCO5)[C@@H](C)OC)[nH]4)cc3)cc12)[C@@H](C)OC. The Labute approximate surface area is 328 Å². The number of aromatic amines is 1. The number of amides is 4. The van der Waals surface area contributed by atoms with Crippen LogP contribution < -0.4 is 16.0 Å². The predicted molar refractivity (Wildman–Crippen MR) is 204 cm³/mol. The predicted octanol–water partition coefficient (Wildman–Crippen LogP) is 3.52. The number of carbonyl (C=O) groups excluding carboxylic acids is 4. The summed E-state index contributed by atoms with van der Waals surface area (Å²) in [4.78, 5) is 64.3. The van der Waals surface area contributed by atoms with Crippen molar-refractivity contribution in [1.82, 2.24) is 35.6 Å². The lowest BCUT2D eigenvalue weighted by molar-refractivity contribution is -0.336. The highest BCUT2D eigenvalue weighted by Crippen LogP contribution is 2.34. The zero-order chi connectivity index (χ0) is 40.2. The minimum absolute atomic E-state index is 0.104. The van der Waals surface area contributed by atoms with Crippen molar-refractivity contribution in [2.45, 2.75) is 82.3 Å². The molecule has 6 atom stereocenters. The monoisotopic (exact) mass is 788 g/mol. The van der Waals surface area contributed by atoms with E-state index >= 15 is 0 Å². The van der Waals surface area contributed by atoms with Gasteiger partial charge in [-0.3, -0.25) is 19.7 Å². The van der Waals surface area contributed by atoms with E-state index in [9.17, 15) is 19.2 Å². The van der Waals surface area contributed by atoms with Gasteiger partial charge in [-0.15, -0.1) is 0 Å². The maximum absolute atomic E-state index is 13.7. The third-order valence-corrected chi connectivity index (χ3v) is 11.0. The Hall–Kier alpha value is -5.40. The molecule has 0 aliphatic carbocycles. The zero-order valence-electron chi connectivity index (χ0n) is 32.5. The highest BCUT2D eigenvalue weighted by molar-refractivity contribution is 6.03. The number of hydrogen-bond acceptors (Lipinski definition) is 13. The van der Waals surface area contributed by atoms with Gasteiger partial charge in [-0.05, 0) is 68.4 Å². The number of benzene rings is 2. The molecule has 18 heteroatoms. The smallest absolute Gasteiger partial charge is 0.407 e. The van der Waals surface area contributed by atoms with Crippen LogP contribution in [0, 0.1) is 0 Å². The van der Waals surface area contributed by atoms with Crippen LogP contribution in [0.4, 0.5) is 10.6 Å². The molecule has 4 amide bonds. The number of likely N-dealkylation sites (tertiary alicyclic amines) is 2. The molecule has 2 aromatic carbocycles. The van der Waals surface area contributed by atoms with Crippen LogP contribution >= 0.6 is 0 Å². The molecule has 0 radical (unpaired) electrons. The normalized spacial score (nSPS) is 20.5. The average Bonchev–Trinajstić information content (AvgIpc) is 4.05. The number of alkyl carbamates (subject to hydrolysis) is 1. The summed E-state index contributed by atoms with van der Waals surface area (Å²) in [6.07, 6.45) is 1.94. The molecular formula is C39H48N8O10. The van der Waals surface area contributed by atoms with Crippen LogP contribution in [0.15, 0.2) is 53.2 Å². The number of rotatable bonds is 14. The standard InChI is InChI=1S/C39H48N8O10/c1-21(52-3)31(42-38(51)54-5)36(49)47-17-7-9-29(47)35(48)44-33-26-18-25(14-15-30(26)57-45-33)23-10-12-24(13-11-23)27-19-40-34(41-27)28-8-6-16-46(28)37(50)32(22(2)53-4)43-39-55-20-56-39/h10-15,18-19,21-22,28-29,31-32,39,43H,6-9,16-17,20H2,1-5H3,(H,40,41)(H,42,51)(H,44,45,48)/t21-,22-,28+,29+,31+,32+/m1/s1. The van der Waals surface area contributed by atoms with E-state index in [0.717, 1.165) is 35.2 Å². The van der Waals surface area contributed by atoms with Crippen LogP contribution in [-0.4, -0.2) is 127 Å². The van der Waals surface area contributed by atoms with Crippen molar-refractivity contribution in [2.75, 3.05) is 46.5 Å². The van der Waals surface area contributed by atoms with E-state index in [2.05, 4.69) is 31.1 Å². The van der Waals surface area contributed by atoms with Gasteiger partial charge in [-0.1, -0.05) is 35.5 Å². The van der Waals surface area contributed by atoms with Crippen molar-refractivity contribution in [1.29, 1.82) is 0 Å². The summed E-state index contributed by atoms with van der Waals surface area (Å²) in [6.45, 7) is 4.61. The molecule has 0 unspecified atom stereocenters. The number of carbonyl (C=O) groups is 4. The number of aromatic nitrogens is 3. The number of methoxy groups -OCH3 is 3. The van der Waals surface area contributed by atoms with Gasteiger partial charge in [-0.2, -0.15) is 0 Å². The summed E-state index contributed by atoms with van der Waals surface area (Å²) in [5, 5.41) is 13.2. The highest BCUT2D eigenvalue weighted by Gasteiger charge is 2.41. The fourth-order valence-electron chi connectivity index (χ4n) is 7.50. The number of fused-ring (bicyclic) bond motifs is 1. The van der Waals surface area contributed by atoms with E-state index in [0.29, 0.717) is 42.7 Å². The number of hydrogen-bond donors (Lipinski definition) is 4. The molecule has 304 valence electrons. The first-order chi connectivity index (χ1) is 27.6. The number of anilines is 1. The van der Waals surface area contributed by atoms with Gasteiger partial charge < -0.3 is 53.6 Å². The zero-order valence-corrected chi connectivity index (χ0v) is 32.5. The number of H-pyrrole nitrogens is 1. The van der Waals surface area contributed by atoms with E-state index in [1.165, 1.54) is 19.1 Å². The molecule has 18 nitrogen and oxygen atoms in total. The van der Waals surface area contributed by atoms with Crippen LogP contribution in [0.5, 0.6) is 0 Å². The van der Waals surface area contributed by atoms with Gasteiger partial charge in [0.2, 0.25) is 24.1 Å². The summed E-state index contributed by atoms with van der Waals surface area (Å²) in [5.41, 5.74) is 4.00. The third-order valence-electron chi connectivity index (χ3n) is 11.0. The van der Waals surface area contributed by atoms with Crippen LogP contribution in [0.2, 0.25) is 0 Å². The Kier molecular flexibility index (Phi) is 12.2. The number of nitrogens with one attached hydrogen (secondary N) is 4. The van der Waals surface area contributed by atoms with Gasteiger partial charge in [0.15, 0.2) is 18.2 Å². The molecule has 3 aliphatic rings. The maximum atomic E-state index is 13.7. The molecule has 4 N–H and O–H groups in total. The fraction of sp³-hybridized carbons (Fsp3) is 0.487. The van der Waals surface area contributed by atoms with Gasteiger partial charge in [0.05, 0.1) is 42.6 Å². The van der Waals surface area contributed by atoms with Gasteiger partial charge >= 0.3 is 6.09 Å². The van der Waals surface area contributed by atoms with Crippen LogP contribution in [0.1, 0.15) is 51.4 Å². The summed E-state index contributed by atoms with van der Waals surface area (Å²) >= 11 is 0. The van der Waals surface area contributed by atoms with Crippen molar-refractivity contribution in [3.8, 4) is 22.4 Å². The van der Waals surface area contributed by atoms with E-state index in [-0.39, 0.29) is 24.6 Å². The van der Waals surface area contributed by atoms with Gasteiger partial charge in [0.1, 0.15) is 23.9 Å². The lowest BCUT2D eigenvalue weighted by atomic mass is 10.0. The topological polar surface area (TPSA) is 212 Å². The van der Waals surface area contributed by atoms with Crippen LogP contribution in [0.25, 0.3) is 33.4 Å². The van der Waals surface area contributed by atoms with Gasteiger partial charge in [0.25, 0.3) is 0 Å². The molecule has 57 heavy (non-hydrogen) atoms. The molecule has 3 fully saturated rings. The summed E-state index contributed by atoms with van der Waals surface area (Å²) < 4.78 is 31.7. The average molecular weight is 789 g/mol. The molecule has 3 aliphatic heterocycles. The van der Waals surface area contributed by atoms with Crippen molar-refractivity contribution in [2.24, 2.45) is 0 Å². The lowest BCUT2D eigenvalue weighted by Gasteiger charge is -2.35. The second-order valence-corrected chi connectivity index (χ2v) is 14.3. The van der Waals surface area contributed by atoms with Gasteiger partial charge in [0, 0.05) is 27.3 Å². The molecule has 0 spiro atoms. The molecule has 7 rings (SSSR count). The molecule has 3 saturated heterocycles. The second kappa shape index (κ2) is 17.4. The van der Waals surface area contributed by atoms with Crippen molar-refractivity contribution in [3.05, 3.63) is 54.5 Å². The molecule has 0 bridgehead atoms. The number of nitrogens with zero attached hydrogens (tertiary/aromatic N) is 4. The first kappa shape index (κ1) is 39.8. The summed E-state index contributed by atoms with van der Waals surface area (Å²) in [7, 11) is 4.21. The molecule has 4 aromatic rings. The van der Waals surface area contributed by atoms with E-state index in [1.807, 2.05) is 48.2 Å². The van der Waals surface area contributed by atoms with Gasteiger partial charge in [-0.25, -0.2) is 9.78 Å². The fourth-order valence-corrected chi connectivity index (χ4v) is 7.50. The maximum Gasteiger partial charge on any atom is 0.407 e. The first-order valence-electron chi connectivity index (χ1n) is 19.0. The second-order valence-electron chi connectivity index (χ2n) is 14.3. The minimum atomic E-state index is -1.05. The Morgan fingerprint density at radius 2 is 1.53 bits per heavy atom. The third kappa shape index (κ3) is 8.36. The minimum Gasteiger partial charge on any atom is -0.453 e. The highest BCUT2D eigenvalue weighted by atomic mass is 16.9. The Bertz CT molecular complexity index is 2070. The Morgan fingerprint density at radius 1 is 0.860 bits per heavy atom. The largest absolute Gasteiger partial charge is 0.453 e. The number of ether oxygens (including phenoxy) is 5. The Morgan fingerprint density at radius 3 is 2.23 bits per heavy atom. The lowest BCUT2D eigenvalue weighted by Crippen LogP contribution is -2.58. The molecular weight excluding hydrogens is 740 g/mol. The van der Waals surface area contributed by atoms with Crippen molar-refractivity contribution in [3.63, 3.8) is 0 Å². The van der Waals surface area contributed by atoms with E-state index in [1.54, 1.807) is 26.3 Å². The van der Waals surface area contributed by atoms with E-state index < -0.39 is 54.7 Å². The van der Waals surface area contributed by atoms with Crippen LogP contribution in [0.3, 0.4) is 0 Å². The van der Waals surface area contributed by atoms with Crippen molar-refractivity contribution >= 4 is 40.6 Å². The van der Waals surface area contributed by atoms with Crippen LogP contribution in [-0.2, 0) is 38.1 Å². The quantitative estimate of drug-likeness (QED) is 0.144. The molecule has 0 saturated carbocycles. The Balaban J connectivity index is 1.03. The van der Waals surface area contributed by atoms with Crippen molar-refractivity contribution < 1.29 is 47.4 Å². The first-order valence-corrected chi connectivity index (χ1v) is 19.0. The number of imidazole rings is 1.